The second kappa shape index (κ2) is 9.66. The molecule has 5 nitrogen and oxygen atoms in total. The molecule has 0 spiro atoms. The fourth-order valence-corrected chi connectivity index (χ4v) is 1.53. The van der Waals surface area contributed by atoms with E-state index in [0.717, 1.165) is 0 Å². The average molecular weight is 342 g/mol. The van der Waals surface area contributed by atoms with Crippen molar-refractivity contribution in [3.63, 3.8) is 0 Å². The van der Waals surface area contributed by atoms with Crippen LogP contribution >= 0.6 is 0 Å². The van der Waals surface area contributed by atoms with Gasteiger partial charge in [0.15, 0.2) is 0 Å². The summed E-state index contributed by atoms with van der Waals surface area (Å²) >= 11 is 0. The van der Waals surface area contributed by atoms with Crippen LogP contribution in [0.3, 0.4) is 0 Å². The van der Waals surface area contributed by atoms with Gasteiger partial charge in [-0.2, -0.15) is 0 Å². The standard InChI is InChI=1S/C14H10O5.2Ca.4H/c15-11-7-3-1-5-9(11)14(18)19-12-8-4-2-6-10(12)13(16)17;;;;;;/h1-8,15H,(H,16,17);;;;;;. The number of aromatic carboxylic acids is 1. The summed E-state index contributed by atoms with van der Waals surface area (Å²) < 4.78 is 4.99. The minimum absolute atomic E-state index is 0. The molecule has 0 atom stereocenters. The third-order valence-electron chi connectivity index (χ3n) is 2.44. The van der Waals surface area contributed by atoms with Crippen LogP contribution < -0.4 is 4.74 Å². The summed E-state index contributed by atoms with van der Waals surface area (Å²) in [4.78, 5) is 22.8. The molecule has 0 aliphatic carbocycles. The molecule has 0 aliphatic heterocycles. The monoisotopic (exact) mass is 342 g/mol. The predicted molar refractivity (Wildman–Crippen MR) is 83.6 cm³/mol. The minimum atomic E-state index is -1.19. The maximum absolute atomic E-state index is 11.8. The van der Waals surface area contributed by atoms with Crippen LogP contribution in [0.15, 0.2) is 48.5 Å². The van der Waals surface area contributed by atoms with Gasteiger partial charge in [0, 0.05) is 0 Å². The van der Waals surface area contributed by atoms with Gasteiger partial charge < -0.3 is 14.9 Å². The predicted octanol–water partition coefficient (Wildman–Crippen LogP) is 0.477. The average Bonchev–Trinajstić information content (AvgIpc) is 2.39. The second-order valence-corrected chi connectivity index (χ2v) is 3.71. The molecule has 2 N–H and O–H groups in total. The van der Waals surface area contributed by atoms with Crippen molar-refractivity contribution in [2.45, 2.75) is 0 Å². The number of rotatable bonds is 3. The Kier molecular flexibility index (Phi) is 9.52. The van der Waals surface area contributed by atoms with E-state index in [4.69, 9.17) is 9.84 Å². The number of ether oxygens (including phenoxy) is 1. The Hall–Kier alpha value is -0.301. The second-order valence-electron chi connectivity index (χ2n) is 3.71. The van der Waals surface area contributed by atoms with Crippen LogP contribution in [-0.4, -0.2) is 97.6 Å². The number of carboxylic acid groups (broad SMARTS) is 1. The van der Waals surface area contributed by atoms with Crippen LogP contribution in [0.5, 0.6) is 11.5 Å². The Morgan fingerprint density at radius 2 is 1.38 bits per heavy atom. The Morgan fingerprint density at radius 1 is 0.857 bits per heavy atom. The van der Waals surface area contributed by atoms with Crippen LogP contribution in [0.25, 0.3) is 0 Å². The number of para-hydroxylation sites is 2. The molecule has 0 fully saturated rings. The number of phenolic OH excluding ortho intramolecular Hbond substituents is 1. The quantitative estimate of drug-likeness (QED) is 0.481. The maximum atomic E-state index is 11.8. The van der Waals surface area contributed by atoms with E-state index in [1.54, 1.807) is 18.2 Å². The van der Waals surface area contributed by atoms with Gasteiger partial charge in [0.05, 0.1) is 0 Å². The zero-order chi connectivity index (χ0) is 13.8. The molecule has 2 rings (SSSR count). The molecule has 0 aromatic heterocycles. The zero-order valence-electron chi connectivity index (χ0n) is 9.74. The van der Waals surface area contributed by atoms with E-state index in [9.17, 15) is 14.7 Å². The van der Waals surface area contributed by atoms with Gasteiger partial charge in [0.1, 0.15) is 22.6 Å². The molecular formula is C14H14Ca2O5. The van der Waals surface area contributed by atoms with Gasteiger partial charge in [-0.1, -0.05) is 24.3 Å². The number of esters is 1. The summed E-state index contributed by atoms with van der Waals surface area (Å²) in [5.41, 5.74) is -0.144. The van der Waals surface area contributed by atoms with Crippen LogP contribution in [0.4, 0.5) is 0 Å². The van der Waals surface area contributed by atoms with Crippen LogP contribution in [0.1, 0.15) is 20.7 Å². The van der Waals surface area contributed by atoms with Crippen LogP contribution in [0, 0.1) is 0 Å². The molecule has 0 bridgehead atoms. The van der Waals surface area contributed by atoms with Crippen molar-refractivity contribution in [1.29, 1.82) is 0 Å². The summed E-state index contributed by atoms with van der Waals surface area (Å²) in [6, 6.07) is 11.7. The summed E-state index contributed by atoms with van der Waals surface area (Å²) in [6.07, 6.45) is 0. The van der Waals surface area contributed by atoms with E-state index >= 15 is 0 Å². The van der Waals surface area contributed by atoms with Crippen molar-refractivity contribution < 1.29 is 24.5 Å². The molecule has 104 valence electrons. The molecule has 2 aromatic carbocycles. The molecule has 0 heterocycles. The third-order valence-corrected chi connectivity index (χ3v) is 2.44. The molecular weight excluding hydrogens is 328 g/mol. The van der Waals surface area contributed by atoms with Crippen molar-refractivity contribution >= 4 is 87.4 Å². The van der Waals surface area contributed by atoms with E-state index in [-0.39, 0.29) is 98.1 Å². The Morgan fingerprint density at radius 3 is 1.95 bits per heavy atom. The first-order valence-corrected chi connectivity index (χ1v) is 5.42. The van der Waals surface area contributed by atoms with E-state index in [0.29, 0.717) is 0 Å². The molecule has 0 saturated heterocycles. The summed E-state index contributed by atoms with van der Waals surface area (Å²) in [5, 5.41) is 18.5. The first-order valence-electron chi connectivity index (χ1n) is 5.42. The van der Waals surface area contributed by atoms with Gasteiger partial charge in [0.2, 0.25) is 0 Å². The van der Waals surface area contributed by atoms with E-state index < -0.39 is 11.9 Å². The summed E-state index contributed by atoms with van der Waals surface area (Å²) in [5.74, 6) is -2.30. The van der Waals surface area contributed by atoms with Crippen molar-refractivity contribution in [3.05, 3.63) is 59.7 Å². The van der Waals surface area contributed by atoms with Crippen molar-refractivity contribution in [1.82, 2.24) is 0 Å². The number of benzene rings is 2. The number of carbonyl (C=O) groups excluding carboxylic acids is 1. The molecule has 0 aliphatic rings. The fourth-order valence-electron chi connectivity index (χ4n) is 1.53. The first kappa shape index (κ1) is 20.7. The zero-order valence-corrected chi connectivity index (χ0v) is 9.74. The number of aromatic hydroxyl groups is 1. The van der Waals surface area contributed by atoms with Crippen molar-refractivity contribution in [3.8, 4) is 11.5 Å². The SMILES string of the molecule is O=C(Oc1ccccc1C(=O)O)c1ccccc1O.[CaH2].[CaH2]. The van der Waals surface area contributed by atoms with E-state index in [2.05, 4.69) is 0 Å². The Bertz CT molecular complexity index is 643. The third kappa shape index (κ3) is 5.43. The van der Waals surface area contributed by atoms with Crippen molar-refractivity contribution in [2.75, 3.05) is 0 Å². The van der Waals surface area contributed by atoms with Gasteiger partial charge in [-0.3, -0.25) is 0 Å². The molecule has 0 radical (unpaired) electrons. The van der Waals surface area contributed by atoms with Crippen molar-refractivity contribution in [2.24, 2.45) is 0 Å². The summed E-state index contributed by atoms with van der Waals surface area (Å²) in [6.45, 7) is 0. The molecule has 0 unspecified atom stereocenters. The number of phenols is 1. The first-order chi connectivity index (χ1) is 9.09. The number of hydrogen-bond donors (Lipinski definition) is 2. The van der Waals surface area contributed by atoms with Gasteiger partial charge in [-0.25, -0.2) is 9.59 Å². The Labute approximate surface area is 180 Å². The molecule has 21 heavy (non-hydrogen) atoms. The summed E-state index contributed by atoms with van der Waals surface area (Å²) in [7, 11) is 0. The molecule has 0 saturated carbocycles. The van der Waals surface area contributed by atoms with Gasteiger partial charge in [0.25, 0.3) is 0 Å². The number of hydrogen-bond acceptors (Lipinski definition) is 4. The van der Waals surface area contributed by atoms with Gasteiger partial charge in [-0.05, 0) is 24.3 Å². The molecule has 2 aromatic rings. The van der Waals surface area contributed by atoms with Gasteiger partial charge >= 0.3 is 87.4 Å². The van der Waals surface area contributed by atoms with E-state index in [1.165, 1.54) is 30.3 Å². The van der Waals surface area contributed by atoms with Crippen LogP contribution in [0.2, 0.25) is 0 Å². The van der Waals surface area contributed by atoms with Gasteiger partial charge in [-0.15, -0.1) is 0 Å². The molecule has 7 heteroatoms. The number of carboxylic acids is 1. The molecule has 0 amide bonds. The fraction of sp³-hybridized carbons (Fsp3) is 0. The van der Waals surface area contributed by atoms with Crippen LogP contribution in [-0.2, 0) is 0 Å². The number of carbonyl (C=O) groups is 2. The normalized spacial score (nSPS) is 8.95. The Balaban J connectivity index is 0.00000200. The topological polar surface area (TPSA) is 83.8 Å². The van der Waals surface area contributed by atoms with E-state index in [1.807, 2.05) is 0 Å².